The smallest absolute Gasteiger partial charge is 0.273 e. The Morgan fingerprint density at radius 3 is 1.69 bits per heavy atom. The molecule has 12 heteroatoms. The monoisotopic (exact) mass is 640 g/mol. The van der Waals surface area contributed by atoms with Crippen LogP contribution >= 0.6 is 0 Å². The Morgan fingerprint density at radius 2 is 1.22 bits per heavy atom. The fraction of sp³-hybridized carbons (Fsp3) is 0.818. The van der Waals surface area contributed by atoms with E-state index in [1.165, 1.54) is 0 Å². The summed E-state index contributed by atoms with van der Waals surface area (Å²) in [6.07, 6.45) is 3.97. The van der Waals surface area contributed by atoms with Gasteiger partial charge in [0, 0.05) is 47.0 Å². The Hall–Kier alpha value is -2.54. The number of methoxy groups -OCH3 is 1. The summed E-state index contributed by atoms with van der Waals surface area (Å²) < 4.78 is 17.6. The lowest BCUT2D eigenvalue weighted by Gasteiger charge is -2.29. The molecule has 5 N–H and O–H groups in total. The van der Waals surface area contributed by atoms with Gasteiger partial charge < -0.3 is 40.6 Å². The molecule has 0 fully saturated rings. The molecule has 0 saturated heterocycles. The van der Waals surface area contributed by atoms with Crippen LogP contribution in [0.3, 0.4) is 0 Å². The molecule has 0 aliphatic carbocycles. The van der Waals surface area contributed by atoms with Crippen LogP contribution < -0.4 is 21.3 Å². The van der Waals surface area contributed by atoms with Crippen LogP contribution in [-0.4, -0.2) is 97.3 Å². The van der Waals surface area contributed by atoms with Crippen LogP contribution in [0, 0.1) is 5.92 Å². The van der Waals surface area contributed by atoms with E-state index in [1.807, 2.05) is 55.4 Å². The molecule has 1 aromatic heterocycles. The lowest BCUT2D eigenvalue weighted by Crippen LogP contribution is -2.42. The average Bonchev–Trinajstić information content (AvgIpc) is 2.98. The number of hydrogen-bond acceptors (Lipinski definition) is 10. The topological polar surface area (TPSA) is 156 Å². The van der Waals surface area contributed by atoms with Gasteiger partial charge in [-0.15, -0.1) is 0 Å². The Bertz CT molecular complexity index is 1000. The summed E-state index contributed by atoms with van der Waals surface area (Å²) in [4.78, 5) is 36.0. The molecule has 262 valence electrons. The largest absolute Gasteiger partial charge is 0.400 e. The second-order valence-corrected chi connectivity index (χ2v) is 13.3. The van der Waals surface area contributed by atoms with Crippen molar-refractivity contribution in [1.82, 2.24) is 20.6 Å². The first-order valence-corrected chi connectivity index (χ1v) is 16.3. The first-order chi connectivity index (χ1) is 21.1. The van der Waals surface area contributed by atoms with Crippen LogP contribution in [0.15, 0.2) is 0 Å². The van der Waals surface area contributed by atoms with Gasteiger partial charge in [-0.2, -0.15) is 0 Å². The van der Waals surface area contributed by atoms with Crippen LogP contribution in [0.1, 0.15) is 122 Å². The van der Waals surface area contributed by atoms with Crippen molar-refractivity contribution in [1.29, 1.82) is 0 Å². The summed E-state index contributed by atoms with van der Waals surface area (Å²) in [5.41, 5.74) is -1.00. The van der Waals surface area contributed by atoms with E-state index in [0.29, 0.717) is 45.2 Å². The lowest BCUT2D eigenvalue weighted by atomic mass is 10.0. The van der Waals surface area contributed by atoms with Gasteiger partial charge in [-0.25, -0.2) is 9.97 Å². The van der Waals surface area contributed by atoms with Gasteiger partial charge in [-0.3, -0.25) is 9.59 Å². The molecule has 0 unspecified atom stereocenters. The van der Waals surface area contributed by atoms with Crippen LogP contribution in [0.25, 0.3) is 0 Å². The number of aromatic nitrogens is 2. The second kappa shape index (κ2) is 21.3. The molecule has 0 aliphatic rings. The van der Waals surface area contributed by atoms with Crippen LogP contribution in [0.2, 0.25) is 0 Å². The predicted octanol–water partition coefficient (Wildman–Crippen LogP) is 5.03. The van der Waals surface area contributed by atoms with Gasteiger partial charge in [0.15, 0.2) is 23.0 Å². The van der Waals surface area contributed by atoms with Crippen molar-refractivity contribution in [3.63, 3.8) is 0 Å². The summed E-state index contributed by atoms with van der Waals surface area (Å²) in [6, 6.07) is 0. The molecule has 0 aromatic carbocycles. The number of nitrogens with zero attached hydrogens (tertiary/aromatic N) is 2. The average molecular weight is 641 g/mol. The molecule has 0 saturated carbocycles. The molecule has 0 atom stereocenters. The van der Waals surface area contributed by atoms with Gasteiger partial charge >= 0.3 is 0 Å². The van der Waals surface area contributed by atoms with E-state index >= 15 is 0 Å². The zero-order chi connectivity index (χ0) is 34.7. The van der Waals surface area contributed by atoms with Crippen molar-refractivity contribution in [3.8, 4) is 0 Å². The van der Waals surface area contributed by atoms with Crippen LogP contribution in [0.4, 0.5) is 11.6 Å². The predicted molar refractivity (Wildman–Crippen MR) is 182 cm³/mol. The number of aliphatic hydroxyl groups is 1. The lowest BCUT2D eigenvalue weighted by molar-refractivity contribution is -0.0562. The zero-order valence-electron chi connectivity index (χ0n) is 30.2. The summed E-state index contributed by atoms with van der Waals surface area (Å²) in [7, 11) is 2.68. The minimum absolute atomic E-state index is 0.125. The van der Waals surface area contributed by atoms with Crippen molar-refractivity contribution in [2.75, 3.05) is 64.2 Å². The van der Waals surface area contributed by atoms with Crippen LogP contribution in [-0.2, 0) is 14.2 Å². The third kappa shape index (κ3) is 17.7. The third-order valence-electron chi connectivity index (χ3n) is 7.04. The molecular weight excluding hydrogens is 576 g/mol. The number of anilines is 2. The fourth-order valence-corrected chi connectivity index (χ4v) is 3.79. The number of amides is 2. The number of hydrogen-bond donors (Lipinski definition) is 5. The van der Waals surface area contributed by atoms with Crippen molar-refractivity contribution in [3.05, 3.63) is 11.4 Å². The van der Waals surface area contributed by atoms with Gasteiger partial charge in [-0.05, 0) is 79.6 Å². The standard InChI is InChI=1S/C32H60N6O5.CH4O/c1-12-17-33-26-24(28(39)35-19-15-31(7,8)42-20-14-23(3)4)37-27(34-18-13-2)25(38-26)29(40)36-22-32(9,10)43-21-16-30(5,6)41-11;1-2/h23H,12-22H2,1-11H3,(H,33,38)(H,34,37)(H,35,39)(H,36,40);2H,1H3. The zero-order valence-corrected chi connectivity index (χ0v) is 30.2. The van der Waals surface area contributed by atoms with E-state index in [1.54, 1.807) is 7.11 Å². The summed E-state index contributed by atoms with van der Waals surface area (Å²) >= 11 is 0. The van der Waals surface area contributed by atoms with Crippen molar-refractivity contribution >= 4 is 23.5 Å². The summed E-state index contributed by atoms with van der Waals surface area (Å²) in [5, 5.41) is 19.3. The highest BCUT2D eigenvalue weighted by Crippen LogP contribution is 2.21. The molecule has 0 bridgehead atoms. The molecule has 1 aromatic rings. The molecule has 1 heterocycles. The summed E-state index contributed by atoms with van der Waals surface area (Å²) in [5.74, 6) is 0.360. The van der Waals surface area contributed by atoms with Crippen LogP contribution in [0.5, 0.6) is 0 Å². The normalized spacial score (nSPS) is 12.0. The van der Waals surface area contributed by atoms with Crippen molar-refractivity contribution in [2.45, 2.75) is 118 Å². The van der Waals surface area contributed by atoms with Gasteiger partial charge in [-0.1, -0.05) is 27.7 Å². The molecule has 0 spiro atoms. The Labute approximate surface area is 272 Å². The van der Waals surface area contributed by atoms with E-state index < -0.39 is 11.5 Å². The molecule has 1 rings (SSSR count). The van der Waals surface area contributed by atoms with Gasteiger partial charge in [0.2, 0.25) is 0 Å². The summed E-state index contributed by atoms with van der Waals surface area (Å²) in [6.45, 7) is 23.3. The van der Waals surface area contributed by atoms with E-state index in [0.717, 1.165) is 32.8 Å². The molecule has 0 radical (unpaired) electrons. The van der Waals surface area contributed by atoms with E-state index in [9.17, 15) is 9.59 Å². The number of ether oxygens (including phenoxy) is 3. The second-order valence-electron chi connectivity index (χ2n) is 13.3. The Kier molecular flexibility index (Phi) is 20.1. The number of aliphatic hydroxyl groups excluding tert-OH is 1. The molecule has 0 aliphatic heterocycles. The Balaban J connectivity index is 0.00000947. The highest BCUT2D eigenvalue weighted by atomic mass is 16.5. The SMILES string of the molecule is CCCNc1nc(C(=O)NCC(C)(C)OCCC(C)(C)OC)c(NCCC)nc1C(=O)NCCC(C)(C)OCCC(C)C.CO. The highest BCUT2D eigenvalue weighted by molar-refractivity contribution is 6.01. The number of nitrogens with one attached hydrogen (secondary N) is 4. The molecule has 45 heavy (non-hydrogen) atoms. The number of carbonyl (C=O) groups is 2. The minimum atomic E-state index is -0.612. The van der Waals surface area contributed by atoms with Gasteiger partial charge in [0.1, 0.15) is 0 Å². The van der Waals surface area contributed by atoms with E-state index in [-0.39, 0.29) is 46.7 Å². The molecule has 2 amide bonds. The van der Waals surface area contributed by atoms with Gasteiger partial charge in [0.05, 0.1) is 23.4 Å². The minimum Gasteiger partial charge on any atom is -0.400 e. The van der Waals surface area contributed by atoms with Gasteiger partial charge in [0.25, 0.3) is 11.8 Å². The maximum Gasteiger partial charge on any atom is 0.273 e. The first-order valence-electron chi connectivity index (χ1n) is 16.3. The van der Waals surface area contributed by atoms with E-state index in [4.69, 9.17) is 19.3 Å². The quantitative estimate of drug-likeness (QED) is 0.117. The maximum absolute atomic E-state index is 13.4. The van der Waals surface area contributed by atoms with Crippen molar-refractivity contribution < 1.29 is 28.9 Å². The maximum atomic E-state index is 13.4. The first kappa shape index (κ1) is 42.5. The molecule has 12 nitrogen and oxygen atoms in total. The number of carbonyl (C=O) groups excluding carboxylic acids is 2. The number of rotatable bonds is 22. The third-order valence-corrected chi connectivity index (χ3v) is 7.04. The highest BCUT2D eigenvalue weighted by Gasteiger charge is 2.27. The van der Waals surface area contributed by atoms with E-state index in [2.05, 4.69) is 45.1 Å². The Morgan fingerprint density at radius 1 is 0.733 bits per heavy atom. The van der Waals surface area contributed by atoms with Crippen molar-refractivity contribution in [2.24, 2.45) is 5.92 Å². The molecular formula is C33H64N6O6. The fourth-order valence-electron chi connectivity index (χ4n) is 3.79.